The summed E-state index contributed by atoms with van der Waals surface area (Å²) in [6.45, 7) is 2.79. The van der Waals surface area contributed by atoms with Crippen molar-refractivity contribution in [3.05, 3.63) is 150 Å². The Labute approximate surface area is 195 Å². The maximum Gasteiger partial charge on any atom is 0.143 e. The Hall–Kier alpha value is -3.75. The molecule has 0 N–H and O–H groups in total. The summed E-state index contributed by atoms with van der Waals surface area (Å²) >= 11 is 0. The van der Waals surface area contributed by atoms with Crippen molar-refractivity contribution in [3.8, 4) is 0 Å². The molecular weight excluding hydrogens is 402 g/mol. The van der Waals surface area contributed by atoms with E-state index in [1.807, 2.05) is 12.3 Å². The Balaban J connectivity index is 1.61. The van der Waals surface area contributed by atoms with Crippen LogP contribution in [-0.2, 0) is 10.3 Å². The lowest BCUT2D eigenvalue weighted by atomic mass is 9.80. The van der Waals surface area contributed by atoms with Gasteiger partial charge in [0.15, 0.2) is 0 Å². The lowest BCUT2D eigenvalue weighted by molar-refractivity contribution is 0.00634. The average Bonchev–Trinajstić information content (AvgIpc) is 2.90. The highest BCUT2D eigenvalue weighted by atomic mass is 16.5. The van der Waals surface area contributed by atoms with Crippen molar-refractivity contribution in [3.63, 3.8) is 0 Å². The summed E-state index contributed by atoms with van der Waals surface area (Å²) in [5, 5.41) is 1.18. The van der Waals surface area contributed by atoms with Crippen LogP contribution in [0.3, 0.4) is 0 Å². The zero-order valence-electron chi connectivity index (χ0n) is 18.8. The minimum atomic E-state index is -0.707. The molecule has 0 radical (unpaired) electrons. The van der Waals surface area contributed by atoms with E-state index >= 15 is 0 Å². The Morgan fingerprint density at radius 1 is 0.636 bits per heavy atom. The summed E-state index contributed by atoms with van der Waals surface area (Å²) in [5.74, 6) is 0.188. The highest BCUT2D eigenvalue weighted by Gasteiger charge is 2.38. The molecule has 0 bridgehead atoms. The number of pyridine rings is 1. The highest BCUT2D eigenvalue weighted by molar-refractivity contribution is 5.82. The third-order valence-corrected chi connectivity index (χ3v) is 6.30. The molecule has 2 heteroatoms. The smallest absolute Gasteiger partial charge is 0.143 e. The molecule has 1 aromatic heterocycles. The van der Waals surface area contributed by atoms with E-state index in [4.69, 9.17) is 4.74 Å². The number of ether oxygens (including phenoxy) is 1. The van der Waals surface area contributed by atoms with Crippen LogP contribution >= 0.6 is 0 Å². The van der Waals surface area contributed by atoms with Gasteiger partial charge in [0.1, 0.15) is 5.60 Å². The Bertz CT molecular complexity index is 1210. The van der Waals surface area contributed by atoms with Gasteiger partial charge in [0.25, 0.3) is 0 Å². The van der Waals surface area contributed by atoms with Crippen molar-refractivity contribution in [2.24, 2.45) is 0 Å². The first-order valence-corrected chi connectivity index (χ1v) is 11.4. The summed E-state index contributed by atoms with van der Waals surface area (Å²) in [7, 11) is 0. The van der Waals surface area contributed by atoms with Crippen molar-refractivity contribution in [2.75, 3.05) is 6.61 Å². The number of fused-ring (bicyclic) bond motifs is 1. The minimum Gasteiger partial charge on any atom is -0.360 e. The lowest BCUT2D eigenvalue weighted by Crippen LogP contribution is -2.34. The number of hydrogen-bond donors (Lipinski definition) is 0. The molecule has 1 atom stereocenters. The van der Waals surface area contributed by atoms with E-state index in [-0.39, 0.29) is 5.92 Å². The minimum absolute atomic E-state index is 0.188. The van der Waals surface area contributed by atoms with E-state index < -0.39 is 5.60 Å². The maximum atomic E-state index is 7.03. The average molecular weight is 430 g/mol. The molecule has 0 aliphatic rings. The van der Waals surface area contributed by atoms with E-state index in [1.54, 1.807) is 0 Å². The summed E-state index contributed by atoms with van der Waals surface area (Å²) in [6.07, 6.45) is 1.90. The highest BCUT2D eigenvalue weighted by Crippen LogP contribution is 2.41. The first-order chi connectivity index (χ1) is 16.3. The van der Waals surface area contributed by atoms with E-state index in [0.29, 0.717) is 6.61 Å². The van der Waals surface area contributed by atoms with Crippen LogP contribution in [0.1, 0.15) is 35.1 Å². The SMILES string of the molecule is C[C@H](COC(c1ccccc1)(c1ccccc1)c1ccccc1)c1ccnc2ccccc12. The third-order valence-electron chi connectivity index (χ3n) is 6.30. The summed E-state index contributed by atoms with van der Waals surface area (Å²) in [5.41, 5.74) is 4.92. The van der Waals surface area contributed by atoms with Gasteiger partial charge in [-0.05, 0) is 34.4 Å². The molecular formula is C31H27NO. The number of aromatic nitrogens is 1. The fourth-order valence-electron chi connectivity index (χ4n) is 4.66. The maximum absolute atomic E-state index is 7.03. The van der Waals surface area contributed by atoms with Gasteiger partial charge in [0.2, 0.25) is 0 Å². The molecule has 2 nitrogen and oxygen atoms in total. The monoisotopic (exact) mass is 429 g/mol. The van der Waals surface area contributed by atoms with Crippen LogP contribution < -0.4 is 0 Å². The standard InChI is InChI=1S/C31H27NO/c1-24(28-21-22-32-30-20-12-11-19-29(28)30)23-33-31(25-13-5-2-6-14-25,26-15-7-3-8-16-26)27-17-9-4-10-18-27/h2-22,24H,23H2,1H3/t24-/m1/s1. The predicted molar refractivity (Wildman–Crippen MR) is 135 cm³/mol. The molecule has 5 rings (SSSR count). The van der Waals surface area contributed by atoms with Gasteiger partial charge in [0.05, 0.1) is 12.1 Å². The summed E-state index contributed by atoms with van der Waals surface area (Å²) < 4.78 is 7.03. The molecule has 0 unspecified atom stereocenters. The Kier molecular flexibility index (Phi) is 6.01. The Morgan fingerprint density at radius 3 is 1.67 bits per heavy atom. The van der Waals surface area contributed by atoms with Gasteiger partial charge in [-0.15, -0.1) is 0 Å². The number of hydrogen-bond acceptors (Lipinski definition) is 2. The van der Waals surface area contributed by atoms with Gasteiger partial charge in [-0.3, -0.25) is 4.98 Å². The van der Waals surface area contributed by atoms with Crippen LogP contribution in [0.4, 0.5) is 0 Å². The van der Waals surface area contributed by atoms with Gasteiger partial charge >= 0.3 is 0 Å². The molecule has 1 heterocycles. The van der Waals surface area contributed by atoms with Gasteiger partial charge in [-0.2, -0.15) is 0 Å². The number of benzene rings is 4. The molecule has 0 fully saturated rings. The van der Waals surface area contributed by atoms with Crippen LogP contribution in [0.25, 0.3) is 10.9 Å². The molecule has 162 valence electrons. The fourth-order valence-corrected chi connectivity index (χ4v) is 4.66. The third kappa shape index (κ3) is 4.06. The van der Waals surface area contributed by atoms with Gasteiger partial charge < -0.3 is 4.74 Å². The predicted octanol–water partition coefficient (Wildman–Crippen LogP) is 7.35. The van der Waals surface area contributed by atoms with Crippen molar-refractivity contribution in [1.82, 2.24) is 4.98 Å². The van der Waals surface area contributed by atoms with E-state index in [9.17, 15) is 0 Å². The number of para-hydroxylation sites is 1. The van der Waals surface area contributed by atoms with Crippen LogP contribution in [0.15, 0.2) is 128 Å². The van der Waals surface area contributed by atoms with Crippen LogP contribution in [0.5, 0.6) is 0 Å². The molecule has 0 aliphatic heterocycles. The molecule has 0 saturated heterocycles. The largest absolute Gasteiger partial charge is 0.360 e. The number of nitrogens with zero attached hydrogens (tertiary/aromatic N) is 1. The first-order valence-electron chi connectivity index (χ1n) is 11.4. The molecule has 4 aromatic carbocycles. The van der Waals surface area contributed by atoms with E-state index in [2.05, 4.69) is 127 Å². The second kappa shape index (κ2) is 9.40. The molecule has 0 spiro atoms. The van der Waals surface area contributed by atoms with Crippen LogP contribution in [0.2, 0.25) is 0 Å². The zero-order valence-corrected chi connectivity index (χ0v) is 18.8. The lowest BCUT2D eigenvalue weighted by Gasteiger charge is -2.37. The van der Waals surface area contributed by atoms with Crippen molar-refractivity contribution in [2.45, 2.75) is 18.4 Å². The van der Waals surface area contributed by atoms with Crippen LogP contribution in [0, 0.1) is 0 Å². The summed E-state index contributed by atoms with van der Waals surface area (Å²) in [4.78, 5) is 4.54. The molecule has 0 amide bonds. The van der Waals surface area contributed by atoms with Gasteiger partial charge in [-0.1, -0.05) is 116 Å². The van der Waals surface area contributed by atoms with Crippen LogP contribution in [-0.4, -0.2) is 11.6 Å². The first kappa shape index (κ1) is 21.1. The zero-order chi connectivity index (χ0) is 22.5. The normalized spacial score (nSPS) is 12.5. The number of rotatable bonds is 7. The van der Waals surface area contributed by atoms with Crippen molar-refractivity contribution in [1.29, 1.82) is 0 Å². The molecule has 5 aromatic rings. The molecule has 0 aliphatic carbocycles. The van der Waals surface area contributed by atoms with Gasteiger partial charge in [-0.25, -0.2) is 0 Å². The van der Waals surface area contributed by atoms with Crippen molar-refractivity contribution < 1.29 is 4.74 Å². The molecule has 0 saturated carbocycles. The van der Waals surface area contributed by atoms with Crippen molar-refractivity contribution >= 4 is 10.9 Å². The Morgan fingerprint density at radius 2 is 1.12 bits per heavy atom. The second-order valence-corrected chi connectivity index (χ2v) is 8.41. The second-order valence-electron chi connectivity index (χ2n) is 8.41. The fraction of sp³-hybridized carbons (Fsp3) is 0.129. The van der Waals surface area contributed by atoms with E-state index in [1.165, 1.54) is 10.9 Å². The quantitative estimate of drug-likeness (QED) is 0.252. The topological polar surface area (TPSA) is 22.1 Å². The molecule has 33 heavy (non-hydrogen) atoms. The van der Waals surface area contributed by atoms with Gasteiger partial charge in [0, 0.05) is 17.5 Å². The van der Waals surface area contributed by atoms with E-state index in [0.717, 1.165) is 22.2 Å². The summed E-state index contributed by atoms with van der Waals surface area (Å²) in [6, 6.07) is 42.0.